The van der Waals surface area contributed by atoms with Crippen molar-refractivity contribution in [2.24, 2.45) is 0 Å². The molecule has 0 aliphatic carbocycles. The van der Waals surface area contributed by atoms with Crippen LogP contribution >= 0.6 is 15.9 Å². The summed E-state index contributed by atoms with van der Waals surface area (Å²) in [5.74, 6) is -1.87. The van der Waals surface area contributed by atoms with Gasteiger partial charge in [-0.25, -0.2) is 0 Å². The zero-order valence-corrected chi connectivity index (χ0v) is 10.8. The molecule has 1 rings (SSSR count). The second-order valence-electron chi connectivity index (χ2n) is 3.46. The van der Waals surface area contributed by atoms with Crippen LogP contribution in [0.4, 0.5) is 5.69 Å². The van der Waals surface area contributed by atoms with Crippen LogP contribution < -0.4 is 5.32 Å². The predicted molar refractivity (Wildman–Crippen MR) is 65.4 cm³/mol. The number of rotatable bonds is 4. The van der Waals surface area contributed by atoms with Crippen molar-refractivity contribution >= 4 is 33.5 Å². The first-order valence-electron chi connectivity index (χ1n) is 4.80. The van der Waals surface area contributed by atoms with Crippen LogP contribution in [0.2, 0.25) is 0 Å². The largest absolute Gasteiger partial charge is 0.480 e. The molecule has 0 fully saturated rings. The van der Waals surface area contributed by atoms with E-state index < -0.39 is 22.8 Å². The van der Waals surface area contributed by atoms with Crippen molar-refractivity contribution in [3.05, 3.63) is 38.3 Å². The molecule has 7 nitrogen and oxygen atoms in total. The molecule has 8 heteroatoms. The predicted octanol–water partition coefficient (Wildman–Crippen LogP) is 1.56. The maximum atomic E-state index is 11.6. The molecule has 2 N–H and O–H groups in total. The average molecular weight is 317 g/mol. The van der Waals surface area contributed by atoms with E-state index in [1.807, 2.05) is 0 Å². The summed E-state index contributed by atoms with van der Waals surface area (Å²) in [7, 11) is 0. The Kier molecular flexibility index (Phi) is 4.38. The normalized spacial score (nSPS) is 11.7. The molecule has 0 saturated heterocycles. The fourth-order valence-corrected chi connectivity index (χ4v) is 1.53. The monoisotopic (exact) mass is 316 g/mol. The van der Waals surface area contributed by atoms with Gasteiger partial charge in [0.15, 0.2) is 0 Å². The number of carbonyl (C=O) groups excluding carboxylic acids is 1. The molecule has 0 saturated carbocycles. The minimum absolute atomic E-state index is 0.0259. The SMILES string of the molecule is C[C@@H](NC(=O)c1ccc(Br)c([N+](=O)[O-])c1)C(=O)O. The number of hydrogen-bond acceptors (Lipinski definition) is 4. The molecular formula is C10H9BrN2O5. The zero-order valence-electron chi connectivity index (χ0n) is 9.21. The molecule has 1 aromatic carbocycles. The molecule has 0 aliphatic heterocycles. The van der Waals surface area contributed by atoms with Crippen molar-refractivity contribution in [2.45, 2.75) is 13.0 Å². The molecule has 96 valence electrons. The summed E-state index contributed by atoms with van der Waals surface area (Å²) in [5, 5.41) is 21.5. The van der Waals surface area contributed by atoms with E-state index in [1.54, 1.807) is 0 Å². The second kappa shape index (κ2) is 5.58. The molecule has 0 aliphatic rings. The molecule has 0 spiro atoms. The van der Waals surface area contributed by atoms with Crippen LogP contribution in [0.15, 0.2) is 22.7 Å². The summed E-state index contributed by atoms with van der Waals surface area (Å²) in [6, 6.07) is 2.73. The van der Waals surface area contributed by atoms with Gasteiger partial charge < -0.3 is 10.4 Å². The van der Waals surface area contributed by atoms with Crippen molar-refractivity contribution in [3.8, 4) is 0 Å². The van der Waals surface area contributed by atoms with Crippen LogP contribution in [0.25, 0.3) is 0 Å². The van der Waals surface area contributed by atoms with Gasteiger partial charge >= 0.3 is 5.97 Å². The Morgan fingerprint density at radius 3 is 2.61 bits per heavy atom. The van der Waals surface area contributed by atoms with Crippen molar-refractivity contribution in [1.82, 2.24) is 5.32 Å². The fourth-order valence-electron chi connectivity index (χ4n) is 1.14. The minimum Gasteiger partial charge on any atom is -0.480 e. The number of halogens is 1. The van der Waals surface area contributed by atoms with Crippen LogP contribution in [-0.4, -0.2) is 27.9 Å². The van der Waals surface area contributed by atoms with E-state index >= 15 is 0 Å². The van der Waals surface area contributed by atoms with Crippen LogP contribution in [0, 0.1) is 10.1 Å². The average Bonchev–Trinajstić information content (AvgIpc) is 2.28. The first-order valence-corrected chi connectivity index (χ1v) is 5.60. The standard InChI is InChI=1S/C10H9BrN2O5/c1-5(10(15)16)12-9(14)6-2-3-7(11)8(4-6)13(17)18/h2-5H,1H3,(H,12,14)(H,15,16)/t5-/m1/s1. The van der Waals surface area contributed by atoms with Crippen LogP contribution in [0.1, 0.15) is 17.3 Å². The maximum Gasteiger partial charge on any atom is 0.325 e. The summed E-state index contributed by atoms with van der Waals surface area (Å²) in [4.78, 5) is 32.2. The molecule has 1 amide bonds. The van der Waals surface area contributed by atoms with Gasteiger partial charge in [-0.05, 0) is 35.0 Å². The molecule has 0 bridgehead atoms. The fraction of sp³-hybridized carbons (Fsp3) is 0.200. The Morgan fingerprint density at radius 1 is 1.50 bits per heavy atom. The van der Waals surface area contributed by atoms with Crippen LogP contribution in [0.3, 0.4) is 0 Å². The molecule has 0 aromatic heterocycles. The number of hydrogen-bond donors (Lipinski definition) is 2. The smallest absolute Gasteiger partial charge is 0.325 e. The van der Waals surface area contributed by atoms with Gasteiger partial charge in [-0.1, -0.05) is 0 Å². The van der Waals surface area contributed by atoms with E-state index in [2.05, 4.69) is 21.2 Å². The topological polar surface area (TPSA) is 110 Å². The number of benzene rings is 1. The quantitative estimate of drug-likeness (QED) is 0.647. The number of nitrogens with zero attached hydrogens (tertiary/aromatic N) is 1. The summed E-state index contributed by atoms with van der Waals surface area (Å²) in [5.41, 5.74) is -0.233. The molecule has 1 aromatic rings. The Labute approximate surface area is 110 Å². The van der Waals surface area contributed by atoms with Crippen LogP contribution in [-0.2, 0) is 4.79 Å². The summed E-state index contributed by atoms with van der Waals surface area (Å²) in [6.45, 7) is 1.30. The third-order valence-electron chi connectivity index (χ3n) is 2.12. The Balaban J connectivity index is 2.97. The van der Waals surface area contributed by atoms with E-state index in [9.17, 15) is 19.7 Å². The number of carbonyl (C=O) groups is 2. The molecule has 1 atom stereocenters. The van der Waals surface area contributed by atoms with Crippen molar-refractivity contribution < 1.29 is 19.6 Å². The summed E-state index contributed by atoms with van der Waals surface area (Å²) < 4.78 is 0.246. The number of carboxylic acid groups (broad SMARTS) is 1. The highest BCUT2D eigenvalue weighted by atomic mass is 79.9. The first kappa shape index (κ1) is 14.1. The van der Waals surface area contributed by atoms with Crippen molar-refractivity contribution in [2.75, 3.05) is 0 Å². The van der Waals surface area contributed by atoms with Gasteiger partial charge in [-0.2, -0.15) is 0 Å². The number of aliphatic carboxylic acids is 1. The van der Waals surface area contributed by atoms with Gasteiger partial charge in [-0.15, -0.1) is 0 Å². The number of amides is 1. The Morgan fingerprint density at radius 2 is 2.11 bits per heavy atom. The summed E-state index contributed by atoms with van der Waals surface area (Å²) >= 11 is 2.99. The van der Waals surface area contributed by atoms with Gasteiger partial charge in [0, 0.05) is 11.6 Å². The molecule has 0 unspecified atom stereocenters. The maximum absolute atomic E-state index is 11.6. The number of nitrogens with one attached hydrogen (secondary N) is 1. The third-order valence-corrected chi connectivity index (χ3v) is 2.79. The van der Waals surface area contributed by atoms with Gasteiger partial charge in [0.2, 0.25) is 0 Å². The van der Waals surface area contributed by atoms with Crippen molar-refractivity contribution in [3.63, 3.8) is 0 Å². The lowest BCUT2D eigenvalue weighted by Gasteiger charge is -2.09. The molecular weight excluding hydrogens is 308 g/mol. The van der Waals surface area contributed by atoms with E-state index in [4.69, 9.17) is 5.11 Å². The molecule has 0 radical (unpaired) electrons. The van der Waals surface area contributed by atoms with E-state index in [1.165, 1.54) is 19.1 Å². The number of nitro groups is 1. The Hall–Kier alpha value is -1.96. The second-order valence-corrected chi connectivity index (χ2v) is 4.31. The lowest BCUT2D eigenvalue weighted by molar-refractivity contribution is -0.385. The van der Waals surface area contributed by atoms with Gasteiger partial charge in [0.05, 0.1) is 9.40 Å². The minimum atomic E-state index is -1.19. The number of nitro benzene ring substituents is 1. The van der Waals surface area contributed by atoms with Gasteiger partial charge in [0.25, 0.3) is 11.6 Å². The molecule has 18 heavy (non-hydrogen) atoms. The van der Waals surface area contributed by atoms with E-state index in [0.29, 0.717) is 0 Å². The third kappa shape index (κ3) is 3.27. The van der Waals surface area contributed by atoms with Gasteiger partial charge in [0.1, 0.15) is 6.04 Å². The summed E-state index contributed by atoms with van der Waals surface area (Å²) in [6.07, 6.45) is 0. The van der Waals surface area contributed by atoms with Gasteiger partial charge in [-0.3, -0.25) is 19.7 Å². The van der Waals surface area contributed by atoms with Crippen LogP contribution in [0.5, 0.6) is 0 Å². The highest BCUT2D eigenvalue weighted by molar-refractivity contribution is 9.10. The van der Waals surface area contributed by atoms with E-state index in [-0.39, 0.29) is 15.7 Å². The first-order chi connectivity index (χ1) is 8.32. The highest BCUT2D eigenvalue weighted by Crippen LogP contribution is 2.25. The highest BCUT2D eigenvalue weighted by Gasteiger charge is 2.19. The lowest BCUT2D eigenvalue weighted by Crippen LogP contribution is -2.38. The molecule has 0 heterocycles. The Bertz CT molecular complexity index is 517. The van der Waals surface area contributed by atoms with E-state index in [0.717, 1.165) is 6.07 Å². The number of carboxylic acids is 1. The lowest BCUT2D eigenvalue weighted by atomic mass is 10.2. The van der Waals surface area contributed by atoms with Crippen molar-refractivity contribution in [1.29, 1.82) is 0 Å². The zero-order chi connectivity index (χ0) is 13.9.